The van der Waals surface area contributed by atoms with E-state index in [-0.39, 0.29) is 11.9 Å². The molecular formula is C23H29N7O4. The summed E-state index contributed by atoms with van der Waals surface area (Å²) in [6, 6.07) is 9.67. The Morgan fingerprint density at radius 1 is 1.06 bits per heavy atom. The molecule has 1 N–H and O–H groups in total. The summed E-state index contributed by atoms with van der Waals surface area (Å²) in [5, 5.41) is 4.41. The molecule has 3 aliphatic heterocycles. The lowest BCUT2D eigenvalue weighted by molar-refractivity contribution is -0.111. The van der Waals surface area contributed by atoms with Gasteiger partial charge in [-0.05, 0) is 6.07 Å². The van der Waals surface area contributed by atoms with E-state index in [1.165, 1.54) is 0 Å². The molecule has 0 bridgehead atoms. The zero-order chi connectivity index (χ0) is 23.3. The van der Waals surface area contributed by atoms with Gasteiger partial charge in [-0.25, -0.2) is 0 Å². The van der Waals surface area contributed by atoms with Gasteiger partial charge in [-0.15, -0.1) is 0 Å². The fourth-order valence-corrected chi connectivity index (χ4v) is 4.15. The Bertz CT molecular complexity index is 1050. The molecule has 1 aromatic heterocycles. The fourth-order valence-electron chi connectivity index (χ4n) is 4.15. The minimum atomic E-state index is -0.168. The maximum absolute atomic E-state index is 12.7. The Balaban J connectivity index is 1.34. The van der Waals surface area contributed by atoms with Gasteiger partial charge in [0, 0.05) is 51.4 Å². The molecule has 0 radical (unpaired) electrons. The largest absolute Gasteiger partial charge is 0.462 e. The first-order chi connectivity index (χ1) is 16.7. The predicted molar refractivity (Wildman–Crippen MR) is 128 cm³/mol. The Hall–Kier alpha value is -3.28. The van der Waals surface area contributed by atoms with Crippen molar-refractivity contribution in [2.45, 2.75) is 0 Å². The number of nitrogens with zero attached hydrogens (tertiary/aromatic N) is 6. The topological polar surface area (TPSA) is 105 Å². The van der Waals surface area contributed by atoms with Crippen LogP contribution in [-0.4, -0.2) is 99.3 Å². The van der Waals surface area contributed by atoms with E-state index >= 15 is 0 Å². The number of hydrogen-bond donors (Lipinski definition) is 1. The van der Waals surface area contributed by atoms with Crippen LogP contribution in [0.25, 0.3) is 0 Å². The fraction of sp³-hybridized carbons (Fsp3) is 0.478. The SMILES string of the molecule is CN1C(=O)C(=NNc2cc(N3CCOCC3)nc(OCCN3CCOCC3)n2)c2ccccc21. The zero-order valence-electron chi connectivity index (χ0n) is 19.3. The molecule has 11 heteroatoms. The quantitative estimate of drug-likeness (QED) is 0.593. The Labute approximate surface area is 198 Å². The molecule has 3 aliphatic rings. The van der Waals surface area contributed by atoms with Crippen LogP contribution in [0.15, 0.2) is 35.4 Å². The van der Waals surface area contributed by atoms with Crippen molar-refractivity contribution < 1.29 is 19.0 Å². The van der Waals surface area contributed by atoms with Crippen LogP contribution < -0.4 is 20.0 Å². The third-order valence-corrected chi connectivity index (χ3v) is 6.08. The van der Waals surface area contributed by atoms with E-state index in [0.717, 1.165) is 63.0 Å². The van der Waals surface area contributed by atoms with Gasteiger partial charge in [0.25, 0.3) is 5.91 Å². The van der Waals surface area contributed by atoms with Crippen LogP contribution in [0.1, 0.15) is 5.56 Å². The smallest absolute Gasteiger partial charge is 0.320 e. The second-order valence-corrected chi connectivity index (χ2v) is 8.25. The molecule has 180 valence electrons. The molecule has 0 atom stereocenters. The van der Waals surface area contributed by atoms with Crippen LogP contribution in [0.2, 0.25) is 0 Å². The summed E-state index contributed by atoms with van der Waals surface area (Å²) in [4.78, 5) is 27.8. The number of fused-ring (bicyclic) bond motifs is 1. The molecule has 5 rings (SSSR count). The van der Waals surface area contributed by atoms with Gasteiger partial charge in [0.05, 0.1) is 32.1 Å². The molecule has 0 aliphatic carbocycles. The van der Waals surface area contributed by atoms with Crippen LogP contribution in [-0.2, 0) is 14.3 Å². The number of hydrazone groups is 1. The average molecular weight is 468 g/mol. The van der Waals surface area contributed by atoms with Crippen molar-refractivity contribution in [3.05, 3.63) is 35.9 Å². The lowest BCUT2D eigenvalue weighted by Gasteiger charge is -2.28. The van der Waals surface area contributed by atoms with Gasteiger partial charge in [-0.1, -0.05) is 18.2 Å². The number of amides is 1. The molecule has 0 spiro atoms. The average Bonchev–Trinajstić information content (AvgIpc) is 3.13. The van der Waals surface area contributed by atoms with Gasteiger partial charge in [0.2, 0.25) is 0 Å². The number of hydrogen-bond acceptors (Lipinski definition) is 10. The van der Waals surface area contributed by atoms with Crippen molar-refractivity contribution in [3.8, 4) is 6.01 Å². The van der Waals surface area contributed by atoms with E-state index in [1.54, 1.807) is 11.9 Å². The number of para-hydroxylation sites is 1. The summed E-state index contributed by atoms with van der Waals surface area (Å²) in [5.74, 6) is 1.03. The summed E-state index contributed by atoms with van der Waals surface area (Å²) >= 11 is 0. The lowest BCUT2D eigenvalue weighted by Crippen LogP contribution is -2.39. The van der Waals surface area contributed by atoms with Crippen LogP contribution >= 0.6 is 0 Å². The Morgan fingerprint density at radius 3 is 2.59 bits per heavy atom. The van der Waals surface area contributed by atoms with E-state index in [9.17, 15) is 4.79 Å². The van der Waals surface area contributed by atoms with Gasteiger partial charge >= 0.3 is 6.01 Å². The normalized spacial score (nSPS) is 20.0. The zero-order valence-corrected chi connectivity index (χ0v) is 19.3. The standard InChI is InChI=1S/C23H29N7O4/c1-28-18-5-3-2-4-17(18)21(22(28)31)27-26-19-16-20(30-9-13-33-14-10-30)25-23(24-19)34-15-8-29-6-11-32-12-7-29/h2-5,16H,6-15H2,1H3,(H,24,25,26). The summed E-state index contributed by atoms with van der Waals surface area (Å²) in [6.07, 6.45) is 0. The Morgan fingerprint density at radius 2 is 1.79 bits per heavy atom. The van der Waals surface area contributed by atoms with Crippen molar-refractivity contribution in [2.24, 2.45) is 5.10 Å². The molecular weight excluding hydrogens is 438 g/mol. The van der Waals surface area contributed by atoms with Crippen molar-refractivity contribution in [1.82, 2.24) is 14.9 Å². The molecule has 4 heterocycles. The Kier molecular flexibility index (Phi) is 6.84. The second kappa shape index (κ2) is 10.3. The number of nitrogens with one attached hydrogen (secondary N) is 1. The minimum Gasteiger partial charge on any atom is -0.462 e. The van der Waals surface area contributed by atoms with E-state index in [4.69, 9.17) is 14.2 Å². The summed E-state index contributed by atoms with van der Waals surface area (Å²) in [6.45, 7) is 7.26. The van der Waals surface area contributed by atoms with E-state index in [2.05, 4.69) is 30.3 Å². The van der Waals surface area contributed by atoms with E-state index in [0.29, 0.717) is 31.4 Å². The first-order valence-electron chi connectivity index (χ1n) is 11.5. The number of carbonyl (C=O) groups excluding carboxylic acids is 1. The number of aromatic nitrogens is 2. The summed E-state index contributed by atoms with van der Waals surface area (Å²) < 4.78 is 16.8. The van der Waals surface area contributed by atoms with Gasteiger partial charge in [0.15, 0.2) is 11.5 Å². The van der Waals surface area contributed by atoms with Crippen molar-refractivity contribution in [1.29, 1.82) is 0 Å². The first-order valence-corrected chi connectivity index (χ1v) is 11.5. The summed E-state index contributed by atoms with van der Waals surface area (Å²) in [7, 11) is 1.74. The number of rotatable bonds is 7. The minimum absolute atomic E-state index is 0.168. The molecule has 34 heavy (non-hydrogen) atoms. The maximum Gasteiger partial charge on any atom is 0.320 e. The predicted octanol–water partition coefficient (Wildman–Crippen LogP) is 0.817. The number of carbonyl (C=O) groups is 1. The van der Waals surface area contributed by atoms with Crippen LogP contribution in [0.4, 0.5) is 17.3 Å². The van der Waals surface area contributed by atoms with Gasteiger partial charge in [-0.2, -0.15) is 15.1 Å². The molecule has 0 unspecified atom stereocenters. The van der Waals surface area contributed by atoms with Crippen molar-refractivity contribution in [2.75, 3.05) is 88.0 Å². The van der Waals surface area contributed by atoms with Crippen LogP contribution in [0.3, 0.4) is 0 Å². The third-order valence-electron chi connectivity index (χ3n) is 6.08. The molecule has 2 aromatic rings. The number of likely N-dealkylation sites (N-methyl/N-ethyl adjacent to an activating group) is 1. The van der Waals surface area contributed by atoms with Gasteiger partial charge in [-0.3, -0.25) is 15.1 Å². The van der Waals surface area contributed by atoms with Gasteiger partial charge < -0.3 is 24.0 Å². The summed E-state index contributed by atoms with van der Waals surface area (Å²) in [5.41, 5.74) is 4.92. The van der Waals surface area contributed by atoms with Crippen molar-refractivity contribution in [3.63, 3.8) is 0 Å². The van der Waals surface area contributed by atoms with Crippen LogP contribution in [0.5, 0.6) is 6.01 Å². The second-order valence-electron chi connectivity index (χ2n) is 8.25. The highest BCUT2D eigenvalue weighted by molar-refractivity contribution is 6.54. The molecule has 11 nitrogen and oxygen atoms in total. The number of benzene rings is 1. The highest BCUT2D eigenvalue weighted by atomic mass is 16.5. The van der Waals surface area contributed by atoms with Gasteiger partial charge in [0.1, 0.15) is 12.4 Å². The molecule has 1 aromatic carbocycles. The first kappa shape index (κ1) is 22.5. The molecule has 2 saturated heterocycles. The maximum atomic E-state index is 12.7. The molecule has 1 amide bonds. The highest BCUT2D eigenvalue weighted by Crippen LogP contribution is 2.28. The lowest BCUT2D eigenvalue weighted by atomic mass is 10.1. The van der Waals surface area contributed by atoms with E-state index in [1.807, 2.05) is 30.3 Å². The van der Waals surface area contributed by atoms with Crippen LogP contribution in [0, 0.1) is 0 Å². The van der Waals surface area contributed by atoms with Crippen molar-refractivity contribution >= 4 is 28.9 Å². The number of anilines is 3. The monoisotopic (exact) mass is 467 g/mol. The number of morpholine rings is 2. The molecule has 0 saturated carbocycles. The third kappa shape index (κ3) is 4.96. The highest BCUT2D eigenvalue weighted by Gasteiger charge is 2.31. The number of ether oxygens (including phenoxy) is 3. The van der Waals surface area contributed by atoms with E-state index < -0.39 is 0 Å². The molecule has 2 fully saturated rings.